The molecule has 100 valence electrons. The molecule has 0 fully saturated rings. The summed E-state index contributed by atoms with van der Waals surface area (Å²) in [6.07, 6.45) is 0. The summed E-state index contributed by atoms with van der Waals surface area (Å²) < 4.78 is 26.3. The number of hydrogen-bond acceptors (Lipinski definition) is 1. The van der Waals surface area contributed by atoms with E-state index in [-0.39, 0.29) is 12.1 Å². The summed E-state index contributed by atoms with van der Waals surface area (Å²) in [6, 6.07) is 3.40. The quantitative estimate of drug-likeness (QED) is 0.639. The minimum absolute atomic E-state index is 0.196. The van der Waals surface area contributed by atoms with E-state index in [1.54, 1.807) is 7.05 Å². The number of guanidine groups is 1. The molecule has 0 amide bonds. The van der Waals surface area contributed by atoms with Gasteiger partial charge in [0.15, 0.2) is 5.96 Å². The summed E-state index contributed by atoms with van der Waals surface area (Å²) in [5, 5.41) is 6.04. The lowest BCUT2D eigenvalue weighted by Crippen LogP contribution is -2.38. The zero-order chi connectivity index (χ0) is 13.5. The highest BCUT2D eigenvalue weighted by Crippen LogP contribution is 2.08. The van der Waals surface area contributed by atoms with E-state index >= 15 is 0 Å². The van der Waals surface area contributed by atoms with Gasteiger partial charge in [-0.1, -0.05) is 13.8 Å². The van der Waals surface area contributed by atoms with Crippen LogP contribution in [0.1, 0.15) is 19.4 Å². The average molecular weight is 255 g/mol. The zero-order valence-corrected chi connectivity index (χ0v) is 10.9. The smallest absolute Gasteiger partial charge is 0.191 e. The van der Waals surface area contributed by atoms with Gasteiger partial charge < -0.3 is 10.6 Å². The van der Waals surface area contributed by atoms with Gasteiger partial charge in [-0.3, -0.25) is 4.99 Å². The third-order valence-corrected chi connectivity index (χ3v) is 2.36. The molecular formula is C13H19F2N3. The molecule has 0 radical (unpaired) electrons. The predicted octanol–water partition coefficient (Wildman–Crippen LogP) is 2.29. The molecule has 1 aromatic rings. The van der Waals surface area contributed by atoms with Crippen molar-refractivity contribution in [2.24, 2.45) is 10.9 Å². The van der Waals surface area contributed by atoms with Crippen LogP contribution in [0.5, 0.6) is 0 Å². The predicted molar refractivity (Wildman–Crippen MR) is 69.4 cm³/mol. The standard InChI is InChI=1S/C13H19F2N3/c1-9(2)7-17-13(16-3)18-8-10-6-11(14)4-5-12(10)15/h4-6,9H,7-8H2,1-3H3,(H2,16,17,18). The van der Waals surface area contributed by atoms with Gasteiger partial charge >= 0.3 is 0 Å². The number of nitrogens with one attached hydrogen (secondary N) is 2. The van der Waals surface area contributed by atoms with E-state index in [9.17, 15) is 8.78 Å². The lowest BCUT2D eigenvalue weighted by atomic mass is 10.2. The largest absolute Gasteiger partial charge is 0.356 e. The first kappa shape index (κ1) is 14.4. The molecule has 1 aromatic carbocycles. The van der Waals surface area contributed by atoms with Crippen LogP contribution in [0.3, 0.4) is 0 Å². The van der Waals surface area contributed by atoms with Crippen molar-refractivity contribution in [3.05, 3.63) is 35.4 Å². The molecular weight excluding hydrogens is 236 g/mol. The van der Waals surface area contributed by atoms with E-state index < -0.39 is 11.6 Å². The Morgan fingerprint density at radius 1 is 1.28 bits per heavy atom. The van der Waals surface area contributed by atoms with E-state index in [1.165, 1.54) is 6.07 Å². The third-order valence-electron chi connectivity index (χ3n) is 2.36. The first-order valence-electron chi connectivity index (χ1n) is 5.91. The Hall–Kier alpha value is -1.65. The molecule has 0 aliphatic rings. The van der Waals surface area contributed by atoms with Gasteiger partial charge in [-0.05, 0) is 24.1 Å². The molecule has 0 atom stereocenters. The van der Waals surface area contributed by atoms with Crippen molar-refractivity contribution in [3.8, 4) is 0 Å². The summed E-state index contributed by atoms with van der Waals surface area (Å²) in [5.74, 6) is 0.184. The van der Waals surface area contributed by atoms with Crippen molar-refractivity contribution in [2.45, 2.75) is 20.4 Å². The molecule has 0 unspecified atom stereocenters. The molecule has 0 saturated heterocycles. The Morgan fingerprint density at radius 3 is 2.61 bits per heavy atom. The van der Waals surface area contributed by atoms with Crippen LogP contribution in [-0.2, 0) is 6.54 Å². The Bertz CT molecular complexity index is 417. The summed E-state index contributed by atoms with van der Waals surface area (Å²) in [7, 11) is 1.64. The second kappa shape index (κ2) is 6.93. The van der Waals surface area contributed by atoms with Gasteiger partial charge in [-0.15, -0.1) is 0 Å². The van der Waals surface area contributed by atoms with Crippen LogP contribution in [0.2, 0.25) is 0 Å². The molecule has 1 rings (SSSR count). The van der Waals surface area contributed by atoms with Crippen molar-refractivity contribution in [3.63, 3.8) is 0 Å². The molecule has 0 aliphatic carbocycles. The summed E-state index contributed by atoms with van der Waals surface area (Å²) in [6.45, 7) is 5.12. The fourth-order valence-corrected chi connectivity index (χ4v) is 1.38. The Morgan fingerprint density at radius 2 is 2.00 bits per heavy atom. The number of benzene rings is 1. The summed E-state index contributed by atoms with van der Waals surface area (Å²) >= 11 is 0. The number of nitrogens with zero attached hydrogens (tertiary/aromatic N) is 1. The Kier molecular flexibility index (Phi) is 5.55. The lowest BCUT2D eigenvalue weighted by Gasteiger charge is -2.13. The van der Waals surface area contributed by atoms with Crippen LogP contribution in [0.25, 0.3) is 0 Å². The molecule has 0 spiro atoms. The average Bonchev–Trinajstić information content (AvgIpc) is 2.33. The van der Waals surface area contributed by atoms with Gasteiger partial charge in [-0.2, -0.15) is 0 Å². The molecule has 18 heavy (non-hydrogen) atoms. The van der Waals surface area contributed by atoms with E-state index in [4.69, 9.17) is 0 Å². The summed E-state index contributed by atoms with van der Waals surface area (Å²) in [5.41, 5.74) is 0.280. The van der Waals surface area contributed by atoms with E-state index in [2.05, 4.69) is 29.5 Å². The number of aliphatic imine (C=N–C) groups is 1. The van der Waals surface area contributed by atoms with E-state index in [1.807, 2.05) is 0 Å². The van der Waals surface area contributed by atoms with E-state index in [0.29, 0.717) is 11.9 Å². The highest BCUT2D eigenvalue weighted by molar-refractivity contribution is 5.79. The van der Waals surface area contributed by atoms with Gasteiger partial charge in [0, 0.05) is 25.7 Å². The Balaban J connectivity index is 2.55. The maximum absolute atomic E-state index is 13.4. The SMILES string of the molecule is CN=C(NCc1cc(F)ccc1F)NCC(C)C. The van der Waals surface area contributed by atoms with Gasteiger partial charge in [0.25, 0.3) is 0 Å². The summed E-state index contributed by atoms with van der Waals surface area (Å²) in [4.78, 5) is 4.01. The van der Waals surface area contributed by atoms with Crippen LogP contribution in [0, 0.1) is 17.6 Å². The number of halogens is 2. The maximum atomic E-state index is 13.4. The highest BCUT2D eigenvalue weighted by Gasteiger charge is 2.05. The zero-order valence-electron chi connectivity index (χ0n) is 10.9. The molecule has 0 aromatic heterocycles. The van der Waals surface area contributed by atoms with Crippen LogP contribution in [0.15, 0.2) is 23.2 Å². The van der Waals surface area contributed by atoms with Crippen molar-refractivity contribution >= 4 is 5.96 Å². The minimum atomic E-state index is -0.446. The molecule has 2 N–H and O–H groups in total. The van der Waals surface area contributed by atoms with Crippen molar-refractivity contribution in [1.29, 1.82) is 0 Å². The molecule has 0 saturated carbocycles. The van der Waals surface area contributed by atoms with Crippen molar-refractivity contribution < 1.29 is 8.78 Å². The molecule has 0 heterocycles. The molecule has 0 aliphatic heterocycles. The second-order valence-electron chi connectivity index (χ2n) is 4.44. The second-order valence-corrected chi connectivity index (χ2v) is 4.44. The topological polar surface area (TPSA) is 36.4 Å². The minimum Gasteiger partial charge on any atom is -0.356 e. The van der Waals surface area contributed by atoms with E-state index in [0.717, 1.165) is 18.7 Å². The van der Waals surface area contributed by atoms with Crippen molar-refractivity contribution in [1.82, 2.24) is 10.6 Å². The Labute approximate surface area is 106 Å². The fourth-order valence-electron chi connectivity index (χ4n) is 1.38. The van der Waals surface area contributed by atoms with Crippen LogP contribution in [-0.4, -0.2) is 19.6 Å². The maximum Gasteiger partial charge on any atom is 0.191 e. The monoisotopic (exact) mass is 255 g/mol. The highest BCUT2D eigenvalue weighted by atomic mass is 19.1. The number of hydrogen-bond donors (Lipinski definition) is 2. The first-order valence-corrected chi connectivity index (χ1v) is 5.91. The lowest BCUT2D eigenvalue weighted by molar-refractivity contribution is 0.578. The van der Waals surface area contributed by atoms with Crippen molar-refractivity contribution in [2.75, 3.05) is 13.6 Å². The molecule has 3 nitrogen and oxygen atoms in total. The van der Waals surface area contributed by atoms with Gasteiger partial charge in [0.2, 0.25) is 0 Å². The van der Waals surface area contributed by atoms with Gasteiger partial charge in [-0.25, -0.2) is 8.78 Å². The van der Waals surface area contributed by atoms with Crippen LogP contribution in [0.4, 0.5) is 8.78 Å². The van der Waals surface area contributed by atoms with Gasteiger partial charge in [0.05, 0.1) is 0 Å². The fraction of sp³-hybridized carbons (Fsp3) is 0.462. The molecule has 5 heteroatoms. The normalized spacial score (nSPS) is 11.8. The van der Waals surface area contributed by atoms with Crippen LogP contribution >= 0.6 is 0 Å². The van der Waals surface area contributed by atoms with Crippen LogP contribution < -0.4 is 10.6 Å². The third kappa shape index (κ3) is 4.69. The number of rotatable bonds is 4. The molecule has 0 bridgehead atoms. The first-order chi connectivity index (χ1) is 8.52. The van der Waals surface area contributed by atoms with Gasteiger partial charge in [0.1, 0.15) is 11.6 Å².